The molecule has 0 aromatic carbocycles. The molecule has 1 aliphatic heterocycles. The van der Waals surface area contributed by atoms with Gasteiger partial charge in [-0.15, -0.1) is 0 Å². The first-order chi connectivity index (χ1) is 12.6. The van der Waals surface area contributed by atoms with Crippen molar-refractivity contribution in [2.75, 3.05) is 20.1 Å². The fourth-order valence-corrected chi connectivity index (χ4v) is 3.96. The second-order valence-corrected chi connectivity index (χ2v) is 7.63. The molecule has 2 atom stereocenters. The van der Waals surface area contributed by atoms with E-state index in [9.17, 15) is 9.59 Å². The van der Waals surface area contributed by atoms with Crippen LogP contribution in [0.3, 0.4) is 0 Å². The van der Waals surface area contributed by atoms with Crippen LogP contribution >= 0.6 is 11.8 Å². The number of thioether (sulfide) groups is 1. The minimum Gasteiger partial charge on any atom is -0.354 e. The van der Waals surface area contributed by atoms with Crippen LogP contribution < -0.4 is 5.32 Å². The molecule has 2 aromatic heterocycles. The van der Waals surface area contributed by atoms with Crippen LogP contribution in [0.1, 0.15) is 36.3 Å². The Morgan fingerprint density at radius 3 is 2.92 bits per heavy atom. The van der Waals surface area contributed by atoms with E-state index in [4.69, 9.17) is 0 Å². The second kappa shape index (κ2) is 8.35. The number of piperidine rings is 1. The number of aromatic nitrogens is 3. The summed E-state index contributed by atoms with van der Waals surface area (Å²) in [6.45, 7) is 3.29. The highest BCUT2D eigenvalue weighted by Gasteiger charge is 2.29. The van der Waals surface area contributed by atoms with E-state index in [0.29, 0.717) is 12.2 Å². The first-order valence-electron chi connectivity index (χ1n) is 8.72. The molecule has 7 nitrogen and oxygen atoms in total. The summed E-state index contributed by atoms with van der Waals surface area (Å²) >= 11 is 1.48. The molecule has 0 spiro atoms. The van der Waals surface area contributed by atoms with Gasteiger partial charge in [-0.05, 0) is 38.0 Å². The standard InChI is InChI=1S/C18H23N5O2S/c1-13(26-16-7-3-4-9-20-16)18(25)22-10-5-6-14(12-22)23-11-8-15(21-23)17(24)19-2/h3-4,7-9,11,13-14H,5-6,10,12H2,1-2H3,(H,19,24)/t13-,14-/m0/s1. The van der Waals surface area contributed by atoms with Crippen LogP contribution in [-0.2, 0) is 4.79 Å². The number of rotatable bonds is 5. The zero-order chi connectivity index (χ0) is 18.5. The number of pyridine rings is 1. The van der Waals surface area contributed by atoms with Crippen molar-refractivity contribution in [3.8, 4) is 0 Å². The molecule has 2 amide bonds. The fraction of sp³-hybridized carbons (Fsp3) is 0.444. The number of nitrogens with one attached hydrogen (secondary N) is 1. The molecule has 138 valence electrons. The van der Waals surface area contributed by atoms with E-state index in [2.05, 4.69) is 15.4 Å². The summed E-state index contributed by atoms with van der Waals surface area (Å²) in [5, 5.41) is 7.60. The maximum Gasteiger partial charge on any atom is 0.271 e. The highest BCUT2D eigenvalue weighted by molar-refractivity contribution is 8.00. The first-order valence-corrected chi connectivity index (χ1v) is 9.60. The highest BCUT2D eigenvalue weighted by atomic mass is 32.2. The summed E-state index contributed by atoms with van der Waals surface area (Å²) in [7, 11) is 1.59. The Labute approximate surface area is 157 Å². The van der Waals surface area contributed by atoms with Crippen molar-refractivity contribution in [1.29, 1.82) is 0 Å². The van der Waals surface area contributed by atoms with E-state index in [1.54, 1.807) is 24.0 Å². The van der Waals surface area contributed by atoms with Crippen LogP contribution in [0.25, 0.3) is 0 Å². The predicted molar refractivity (Wildman–Crippen MR) is 100 cm³/mol. The van der Waals surface area contributed by atoms with Crippen LogP contribution in [0.4, 0.5) is 0 Å². The lowest BCUT2D eigenvalue weighted by atomic mass is 10.1. The van der Waals surface area contributed by atoms with Crippen molar-refractivity contribution in [1.82, 2.24) is 25.0 Å². The third-order valence-corrected chi connectivity index (χ3v) is 5.47. The van der Waals surface area contributed by atoms with Gasteiger partial charge in [-0.3, -0.25) is 14.3 Å². The second-order valence-electron chi connectivity index (χ2n) is 6.27. The maximum absolute atomic E-state index is 12.8. The van der Waals surface area contributed by atoms with Gasteiger partial charge in [0.05, 0.1) is 16.3 Å². The van der Waals surface area contributed by atoms with E-state index in [0.717, 1.165) is 24.4 Å². The summed E-state index contributed by atoms with van der Waals surface area (Å²) < 4.78 is 1.81. The molecule has 0 unspecified atom stereocenters. The van der Waals surface area contributed by atoms with Crippen LogP contribution in [0.2, 0.25) is 0 Å². The fourth-order valence-electron chi connectivity index (χ4n) is 3.07. The summed E-state index contributed by atoms with van der Waals surface area (Å²) in [6, 6.07) is 7.50. The van der Waals surface area contributed by atoms with Gasteiger partial charge in [0.15, 0.2) is 0 Å². The van der Waals surface area contributed by atoms with Crippen LogP contribution in [0.15, 0.2) is 41.7 Å². The molecule has 3 rings (SSSR count). The van der Waals surface area contributed by atoms with Crippen molar-refractivity contribution in [2.45, 2.75) is 36.1 Å². The van der Waals surface area contributed by atoms with Gasteiger partial charge in [0.25, 0.3) is 5.91 Å². The SMILES string of the molecule is CNC(=O)c1ccn([C@H]2CCCN(C(=O)[C@H](C)Sc3ccccn3)C2)n1. The highest BCUT2D eigenvalue weighted by Crippen LogP contribution is 2.26. The van der Waals surface area contributed by atoms with E-state index in [1.807, 2.05) is 36.2 Å². The van der Waals surface area contributed by atoms with Crippen LogP contribution in [0, 0.1) is 0 Å². The Bertz CT molecular complexity index is 764. The molecule has 1 aliphatic rings. The van der Waals surface area contributed by atoms with E-state index in [1.165, 1.54) is 11.8 Å². The largest absolute Gasteiger partial charge is 0.354 e. The number of amides is 2. The molecule has 2 aromatic rings. The number of carbonyl (C=O) groups excluding carboxylic acids is 2. The Morgan fingerprint density at radius 2 is 2.19 bits per heavy atom. The average molecular weight is 373 g/mol. The first kappa shape index (κ1) is 18.4. The lowest BCUT2D eigenvalue weighted by Gasteiger charge is -2.34. The third kappa shape index (κ3) is 4.24. The zero-order valence-corrected chi connectivity index (χ0v) is 15.8. The van der Waals surface area contributed by atoms with Crippen molar-refractivity contribution >= 4 is 23.6 Å². The molecule has 8 heteroatoms. The molecule has 0 radical (unpaired) electrons. The number of likely N-dealkylation sites (tertiary alicyclic amines) is 1. The number of hydrogen-bond acceptors (Lipinski definition) is 5. The lowest BCUT2D eigenvalue weighted by Crippen LogP contribution is -2.44. The van der Waals surface area contributed by atoms with Crippen LogP contribution in [0.5, 0.6) is 0 Å². The Morgan fingerprint density at radius 1 is 1.35 bits per heavy atom. The molecule has 1 N–H and O–H groups in total. The van der Waals surface area contributed by atoms with Gasteiger partial charge in [-0.2, -0.15) is 5.10 Å². The molecular weight excluding hydrogens is 350 g/mol. The van der Waals surface area contributed by atoms with Crippen LogP contribution in [-0.4, -0.2) is 56.9 Å². The Hall–Kier alpha value is -2.35. The minimum absolute atomic E-state index is 0.0955. The summed E-state index contributed by atoms with van der Waals surface area (Å²) in [6.07, 6.45) is 5.42. The Balaban J connectivity index is 1.63. The molecule has 0 bridgehead atoms. The molecule has 1 saturated heterocycles. The lowest BCUT2D eigenvalue weighted by molar-refractivity contribution is -0.132. The maximum atomic E-state index is 12.8. The monoisotopic (exact) mass is 373 g/mol. The third-order valence-electron chi connectivity index (χ3n) is 4.43. The number of carbonyl (C=O) groups is 2. The van der Waals surface area contributed by atoms with E-state index < -0.39 is 0 Å². The molecule has 0 aliphatic carbocycles. The van der Waals surface area contributed by atoms with Gasteiger partial charge in [-0.1, -0.05) is 17.8 Å². The molecule has 3 heterocycles. The van der Waals surface area contributed by atoms with Gasteiger partial charge in [-0.25, -0.2) is 4.98 Å². The van der Waals surface area contributed by atoms with Crippen molar-refractivity contribution in [3.63, 3.8) is 0 Å². The van der Waals surface area contributed by atoms with E-state index in [-0.39, 0.29) is 23.1 Å². The van der Waals surface area contributed by atoms with Crippen molar-refractivity contribution in [2.24, 2.45) is 0 Å². The van der Waals surface area contributed by atoms with Gasteiger partial charge < -0.3 is 10.2 Å². The van der Waals surface area contributed by atoms with Gasteiger partial charge in [0.2, 0.25) is 5.91 Å². The molecule has 1 fully saturated rings. The topological polar surface area (TPSA) is 80.1 Å². The van der Waals surface area contributed by atoms with Gasteiger partial charge in [0.1, 0.15) is 5.69 Å². The Kier molecular flexibility index (Phi) is 5.92. The quantitative estimate of drug-likeness (QED) is 0.811. The summed E-state index contributed by atoms with van der Waals surface area (Å²) in [5.74, 6) is -0.0862. The zero-order valence-electron chi connectivity index (χ0n) is 15.0. The van der Waals surface area contributed by atoms with Gasteiger partial charge >= 0.3 is 0 Å². The minimum atomic E-state index is -0.201. The predicted octanol–water partition coefficient (Wildman–Crippen LogP) is 1.98. The number of nitrogens with zero attached hydrogens (tertiary/aromatic N) is 4. The van der Waals surface area contributed by atoms with Gasteiger partial charge in [0, 0.05) is 32.5 Å². The normalized spacial score (nSPS) is 18.4. The average Bonchev–Trinajstić information content (AvgIpc) is 3.18. The van der Waals surface area contributed by atoms with E-state index >= 15 is 0 Å². The summed E-state index contributed by atoms with van der Waals surface area (Å²) in [4.78, 5) is 30.7. The molecule has 26 heavy (non-hydrogen) atoms. The van der Waals surface area contributed by atoms with Crippen molar-refractivity contribution in [3.05, 3.63) is 42.4 Å². The van der Waals surface area contributed by atoms with Crippen molar-refractivity contribution < 1.29 is 9.59 Å². The number of hydrogen-bond donors (Lipinski definition) is 1. The smallest absolute Gasteiger partial charge is 0.271 e. The molecular formula is C18H23N5O2S. The molecule has 0 saturated carbocycles. The summed E-state index contributed by atoms with van der Waals surface area (Å²) in [5.41, 5.74) is 0.398.